The fraction of sp³-hybridized carbons (Fsp3) is 0.545. The number of thiophene rings is 1. The van der Waals surface area contributed by atoms with Crippen LogP contribution in [0.5, 0.6) is 0 Å². The van der Waals surface area contributed by atoms with Crippen LogP contribution in [0.4, 0.5) is 0 Å². The van der Waals surface area contributed by atoms with E-state index >= 15 is 0 Å². The Balaban J connectivity index is 1.90. The van der Waals surface area contributed by atoms with E-state index in [0.717, 1.165) is 17.5 Å². The minimum absolute atomic E-state index is 0.582. The number of aliphatic imine (C=N–C) groups is 1. The van der Waals surface area contributed by atoms with Gasteiger partial charge in [-0.25, -0.2) is 0 Å². The monoisotopic (exact) mass is 318 g/mol. The highest BCUT2D eigenvalue weighted by molar-refractivity contribution is 9.11. The zero-order chi connectivity index (χ0) is 11.5. The van der Waals surface area contributed by atoms with Gasteiger partial charge < -0.3 is 5.32 Å². The molecular weight excluding hydrogens is 304 g/mol. The summed E-state index contributed by atoms with van der Waals surface area (Å²) in [7, 11) is 0. The number of rotatable bonds is 3. The summed E-state index contributed by atoms with van der Waals surface area (Å²) in [6, 6.07) is 4.78. The number of amidine groups is 1. The lowest BCUT2D eigenvalue weighted by atomic mass is 10.1. The van der Waals surface area contributed by atoms with Crippen molar-refractivity contribution in [3.8, 4) is 0 Å². The summed E-state index contributed by atoms with van der Waals surface area (Å²) in [6.07, 6.45) is 0. The molecule has 1 saturated heterocycles. The number of nitrogens with zero attached hydrogens (tertiary/aromatic N) is 1. The minimum atomic E-state index is 0.582. The lowest BCUT2D eigenvalue weighted by molar-refractivity contribution is 0.503. The molecule has 2 nitrogen and oxygen atoms in total. The Bertz CT molecular complexity index is 387. The van der Waals surface area contributed by atoms with Gasteiger partial charge in [0.05, 0.1) is 10.3 Å². The van der Waals surface area contributed by atoms with E-state index in [4.69, 9.17) is 0 Å². The fourth-order valence-corrected chi connectivity index (χ4v) is 4.05. The quantitative estimate of drug-likeness (QED) is 0.918. The van der Waals surface area contributed by atoms with E-state index in [0.29, 0.717) is 12.0 Å². The van der Waals surface area contributed by atoms with Gasteiger partial charge in [0.15, 0.2) is 5.17 Å². The summed E-state index contributed by atoms with van der Waals surface area (Å²) >= 11 is 7.05. The molecule has 1 aliphatic rings. The van der Waals surface area contributed by atoms with Crippen molar-refractivity contribution in [1.82, 2.24) is 5.32 Å². The Morgan fingerprint density at radius 1 is 1.56 bits per heavy atom. The van der Waals surface area contributed by atoms with E-state index in [1.54, 1.807) is 11.3 Å². The Morgan fingerprint density at radius 2 is 2.38 bits per heavy atom. The van der Waals surface area contributed by atoms with Gasteiger partial charge in [0, 0.05) is 16.7 Å². The Labute approximate surface area is 113 Å². The predicted molar refractivity (Wildman–Crippen MR) is 77.4 cm³/mol. The number of nitrogens with one attached hydrogen (secondary N) is 1. The molecule has 1 N–H and O–H groups in total. The van der Waals surface area contributed by atoms with Crippen LogP contribution >= 0.6 is 39.0 Å². The van der Waals surface area contributed by atoms with Crippen molar-refractivity contribution in [2.75, 3.05) is 5.75 Å². The third-order valence-corrected chi connectivity index (χ3v) is 5.18. The molecule has 0 spiro atoms. The standard InChI is InChI=1S/C11H15BrN2S2/c1-7(2)9-6-15-11(14-9)13-5-8-3-4-10(12)16-8/h3-4,7,9H,5-6H2,1-2H3,(H,13,14). The number of hydrogen-bond acceptors (Lipinski definition) is 3. The van der Waals surface area contributed by atoms with Crippen LogP contribution in [0.3, 0.4) is 0 Å². The van der Waals surface area contributed by atoms with Gasteiger partial charge in [0.2, 0.25) is 0 Å². The molecule has 2 heterocycles. The average molecular weight is 319 g/mol. The largest absolute Gasteiger partial charge is 0.361 e. The van der Waals surface area contributed by atoms with Crippen LogP contribution in [0, 0.1) is 5.92 Å². The summed E-state index contributed by atoms with van der Waals surface area (Å²) in [4.78, 5) is 5.90. The van der Waals surface area contributed by atoms with Gasteiger partial charge in [0.1, 0.15) is 0 Å². The maximum atomic E-state index is 4.60. The van der Waals surface area contributed by atoms with Crippen molar-refractivity contribution in [3.63, 3.8) is 0 Å². The molecule has 0 radical (unpaired) electrons. The zero-order valence-electron chi connectivity index (χ0n) is 9.37. The molecule has 0 amide bonds. The van der Waals surface area contributed by atoms with Crippen molar-refractivity contribution >= 4 is 44.2 Å². The number of thioether (sulfide) groups is 1. The first-order chi connectivity index (χ1) is 7.65. The molecule has 16 heavy (non-hydrogen) atoms. The maximum Gasteiger partial charge on any atom is 0.157 e. The molecule has 5 heteroatoms. The zero-order valence-corrected chi connectivity index (χ0v) is 12.6. The predicted octanol–water partition coefficient (Wildman–Crippen LogP) is 3.73. The number of hydrogen-bond donors (Lipinski definition) is 1. The summed E-state index contributed by atoms with van der Waals surface area (Å²) < 4.78 is 1.18. The normalized spacial score (nSPS) is 23.0. The molecule has 1 unspecified atom stereocenters. The van der Waals surface area contributed by atoms with Crippen LogP contribution in [-0.4, -0.2) is 17.0 Å². The molecule has 1 fully saturated rings. The third-order valence-electron chi connectivity index (χ3n) is 2.52. The van der Waals surface area contributed by atoms with Gasteiger partial charge in [-0.3, -0.25) is 4.99 Å². The first kappa shape index (κ1) is 12.5. The Kier molecular flexibility index (Phi) is 4.33. The van der Waals surface area contributed by atoms with Crippen LogP contribution in [-0.2, 0) is 6.54 Å². The number of halogens is 1. The summed E-state index contributed by atoms with van der Waals surface area (Å²) in [6.45, 7) is 5.28. The topological polar surface area (TPSA) is 24.4 Å². The van der Waals surface area contributed by atoms with Gasteiger partial charge in [0.25, 0.3) is 0 Å². The van der Waals surface area contributed by atoms with Crippen LogP contribution in [0.25, 0.3) is 0 Å². The molecule has 0 saturated carbocycles. The van der Waals surface area contributed by atoms with Crippen molar-refractivity contribution in [3.05, 3.63) is 20.8 Å². The highest BCUT2D eigenvalue weighted by atomic mass is 79.9. The molecule has 88 valence electrons. The van der Waals surface area contributed by atoms with Gasteiger partial charge >= 0.3 is 0 Å². The van der Waals surface area contributed by atoms with E-state index in [2.05, 4.69) is 52.2 Å². The second-order valence-corrected chi connectivity index (χ2v) is 7.69. The smallest absolute Gasteiger partial charge is 0.157 e. The summed E-state index contributed by atoms with van der Waals surface area (Å²) in [5.41, 5.74) is 0. The fourth-order valence-electron chi connectivity index (χ4n) is 1.45. The SMILES string of the molecule is CC(C)C1CSC(=NCc2ccc(Br)s2)N1. The second kappa shape index (κ2) is 5.56. The molecule has 1 aromatic heterocycles. The molecule has 1 aliphatic heterocycles. The molecule has 2 rings (SSSR count). The van der Waals surface area contributed by atoms with E-state index in [9.17, 15) is 0 Å². The van der Waals surface area contributed by atoms with Crippen molar-refractivity contribution in [1.29, 1.82) is 0 Å². The first-order valence-corrected chi connectivity index (χ1v) is 7.92. The van der Waals surface area contributed by atoms with Gasteiger partial charge in [-0.1, -0.05) is 25.6 Å². The second-order valence-electron chi connectivity index (χ2n) is 4.13. The molecule has 0 aliphatic carbocycles. The van der Waals surface area contributed by atoms with Crippen LogP contribution in [0.2, 0.25) is 0 Å². The van der Waals surface area contributed by atoms with Crippen LogP contribution < -0.4 is 5.32 Å². The lowest BCUT2D eigenvalue weighted by Gasteiger charge is -2.12. The van der Waals surface area contributed by atoms with Crippen molar-refractivity contribution < 1.29 is 0 Å². The van der Waals surface area contributed by atoms with E-state index in [-0.39, 0.29) is 0 Å². The molecule has 0 bridgehead atoms. The molecule has 0 aromatic carbocycles. The van der Waals surface area contributed by atoms with Crippen molar-refractivity contribution in [2.24, 2.45) is 10.9 Å². The Morgan fingerprint density at radius 3 is 2.94 bits per heavy atom. The van der Waals surface area contributed by atoms with E-state index in [1.165, 1.54) is 8.66 Å². The maximum absolute atomic E-state index is 4.60. The molecule has 1 aromatic rings. The third kappa shape index (κ3) is 3.25. The van der Waals surface area contributed by atoms with Crippen LogP contribution in [0.15, 0.2) is 20.9 Å². The van der Waals surface area contributed by atoms with Crippen LogP contribution in [0.1, 0.15) is 18.7 Å². The lowest BCUT2D eigenvalue weighted by Crippen LogP contribution is -2.31. The first-order valence-electron chi connectivity index (χ1n) is 5.33. The molecule has 1 atom stereocenters. The summed E-state index contributed by atoms with van der Waals surface area (Å²) in [5.74, 6) is 1.82. The van der Waals surface area contributed by atoms with E-state index < -0.39 is 0 Å². The van der Waals surface area contributed by atoms with Gasteiger partial charge in [-0.05, 0) is 34.0 Å². The van der Waals surface area contributed by atoms with Crippen molar-refractivity contribution in [2.45, 2.75) is 26.4 Å². The van der Waals surface area contributed by atoms with E-state index in [1.807, 2.05) is 11.8 Å². The van der Waals surface area contributed by atoms with Gasteiger partial charge in [-0.2, -0.15) is 0 Å². The average Bonchev–Trinajstić information content (AvgIpc) is 2.83. The highest BCUT2D eigenvalue weighted by Crippen LogP contribution is 2.24. The minimum Gasteiger partial charge on any atom is -0.361 e. The Hall–Kier alpha value is -0.0000000000000000278. The highest BCUT2D eigenvalue weighted by Gasteiger charge is 2.22. The molecular formula is C11H15BrN2S2. The van der Waals surface area contributed by atoms with Gasteiger partial charge in [-0.15, -0.1) is 11.3 Å². The summed E-state index contributed by atoms with van der Waals surface area (Å²) in [5, 5.41) is 4.57.